The Labute approximate surface area is 272 Å². The zero-order valence-corrected chi connectivity index (χ0v) is 27.7. The van der Waals surface area contributed by atoms with E-state index in [9.17, 15) is 39.1 Å². The molecule has 2 heterocycles. The largest absolute Gasteiger partial charge is 1.00 e. The summed E-state index contributed by atoms with van der Waals surface area (Å²) in [4.78, 5) is 33.4. The average molecular weight is 565 g/mol. The zero-order chi connectivity index (χ0) is 24.0. The SMILES string of the molecule is O=P([O-])([O-])CP(=O)([O-])C[C@@H](O)[C@H]1O[C@@H](n2cc(-c3ccc4ccccc4c3)nn2)[C@H](O)[C@@H]1O.[Na+].[Na+].[Na+]. The molecule has 3 aromatic rings. The molecule has 1 aliphatic rings. The van der Waals surface area contributed by atoms with Crippen LogP contribution in [0.4, 0.5) is 0 Å². The standard InChI is InChI=1S/C19H23N3O9P2.3Na/c23-15(9-32(26,27)10-33(28,29)30)18-16(24)17(25)19(31-18)22-8-14(20-21-22)13-6-5-11-3-1-2-4-12(11)7-13;;;/h1-8,15-19,23-25H,9-10H2,(H,26,27)(H2,28,29,30);;;/q;3*+1/p-3/t15-,16+,17-,18-,19-;;;/m1.../s1. The molecule has 178 valence electrons. The number of fused-ring (bicyclic) bond motifs is 1. The van der Waals surface area contributed by atoms with Crippen LogP contribution in [0.1, 0.15) is 6.23 Å². The first-order valence-electron chi connectivity index (χ1n) is 9.84. The number of benzene rings is 2. The summed E-state index contributed by atoms with van der Waals surface area (Å²) < 4.78 is 29.2. The Kier molecular flexibility index (Phi) is 13.7. The Morgan fingerprint density at radius 1 is 1.00 bits per heavy atom. The van der Waals surface area contributed by atoms with Gasteiger partial charge in [-0.05, 0) is 16.8 Å². The third-order valence-corrected chi connectivity index (χ3v) is 9.36. The van der Waals surface area contributed by atoms with E-state index in [2.05, 4.69) is 10.3 Å². The van der Waals surface area contributed by atoms with Crippen LogP contribution in [0.5, 0.6) is 0 Å². The van der Waals surface area contributed by atoms with Crippen LogP contribution in [-0.2, 0) is 13.9 Å². The predicted molar refractivity (Wildman–Crippen MR) is 110 cm³/mol. The summed E-state index contributed by atoms with van der Waals surface area (Å²) >= 11 is 0. The van der Waals surface area contributed by atoms with Gasteiger partial charge in [0.1, 0.15) is 24.0 Å². The van der Waals surface area contributed by atoms with Gasteiger partial charge in [0.05, 0.1) is 12.3 Å². The molecule has 0 radical (unpaired) electrons. The number of rotatable bonds is 7. The molecule has 1 aromatic heterocycles. The third kappa shape index (κ3) is 8.51. The van der Waals surface area contributed by atoms with Crippen LogP contribution in [0.25, 0.3) is 22.0 Å². The van der Waals surface area contributed by atoms with E-state index in [-0.39, 0.29) is 88.7 Å². The van der Waals surface area contributed by atoms with Crippen LogP contribution >= 0.6 is 15.0 Å². The van der Waals surface area contributed by atoms with Crippen LogP contribution < -0.4 is 103 Å². The van der Waals surface area contributed by atoms with Gasteiger partial charge in [0.15, 0.2) is 6.23 Å². The normalized spacial score (nSPS) is 24.2. The van der Waals surface area contributed by atoms with E-state index in [1.807, 2.05) is 42.5 Å². The van der Waals surface area contributed by atoms with Crippen molar-refractivity contribution in [2.75, 3.05) is 12.1 Å². The smallest absolute Gasteiger partial charge is 0.810 e. The average Bonchev–Trinajstić information content (AvgIpc) is 3.31. The van der Waals surface area contributed by atoms with Gasteiger partial charge in [-0.1, -0.05) is 49.2 Å². The third-order valence-electron chi connectivity index (χ3n) is 5.32. The molecule has 2 aromatic carbocycles. The number of nitrogens with zero attached hydrogens (tertiary/aromatic N) is 3. The summed E-state index contributed by atoms with van der Waals surface area (Å²) in [6.07, 6.45) is -7.71. The Morgan fingerprint density at radius 3 is 2.28 bits per heavy atom. The van der Waals surface area contributed by atoms with Gasteiger partial charge < -0.3 is 43.9 Å². The maximum Gasteiger partial charge on any atom is 1.00 e. The van der Waals surface area contributed by atoms with Gasteiger partial charge in [-0.15, -0.1) is 5.10 Å². The van der Waals surface area contributed by atoms with Crippen molar-refractivity contribution in [3.05, 3.63) is 48.7 Å². The van der Waals surface area contributed by atoms with Crippen molar-refractivity contribution < 1.29 is 133 Å². The molecule has 0 saturated carbocycles. The molecule has 12 nitrogen and oxygen atoms in total. The molecule has 6 atom stereocenters. The van der Waals surface area contributed by atoms with Crippen LogP contribution in [0, 0.1) is 0 Å². The predicted octanol–water partition coefficient (Wildman–Crippen LogP) is -10.4. The maximum atomic E-state index is 11.9. The van der Waals surface area contributed by atoms with Crippen molar-refractivity contribution in [3.8, 4) is 11.3 Å². The van der Waals surface area contributed by atoms with Crippen LogP contribution in [0.2, 0.25) is 0 Å². The number of aromatic nitrogens is 3. The number of ether oxygens (including phenoxy) is 1. The number of hydrogen-bond donors (Lipinski definition) is 3. The molecule has 1 aliphatic heterocycles. The van der Waals surface area contributed by atoms with Crippen molar-refractivity contribution in [2.45, 2.75) is 30.6 Å². The van der Waals surface area contributed by atoms with E-state index >= 15 is 0 Å². The second-order valence-electron chi connectivity index (χ2n) is 7.93. The monoisotopic (exact) mass is 565 g/mol. The van der Waals surface area contributed by atoms with Gasteiger partial charge >= 0.3 is 88.7 Å². The number of aliphatic hydroxyl groups is 3. The first kappa shape index (κ1) is 35.0. The topological polar surface area (TPSA) is 204 Å². The van der Waals surface area contributed by atoms with Gasteiger partial charge in [0, 0.05) is 25.0 Å². The molecule has 0 bridgehead atoms. The van der Waals surface area contributed by atoms with Gasteiger partial charge in [0.2, 0.25) is 0 Å². The summed E-state index contributed by atoms with van der Waals surface area (Å²) in [5.41, 5.74) is 1.18. The van der Waals surface area contributed by atoms with Crippen LogP contribution in [0.3, 0.4) is 0 Å². The van der Waals surface area contributed by atoms with E-state index in [4.69, 9.17) is 4.74 Å². The molecule has 17 heteroatoms. The quantitative estimate of drug-likeness (QED) is 0.181. The summed E-state index contributed by atoms with van der Waals surface area (Å²) in [6.45, 7) is 0. The Morgan fingerprint density at radius 2 is 1.64 bits per heavy atom. The van der Waals surface area contributed by atoms with E-state index in [0.29, 0.717) is 5.69 Å². The molecule has 0 amide bonds. The zero-order valence-electron chi connectivity index (χ0n) is 19.9. The number of aliphatic hydroxyl groups excluding tert-OH is 3. The molecule has 3 N–H and O–H groups in total. The fourth-order valence-corrected chi connectivity index (χ4v) is 7.17. The maximum absolute atomic E-state index is 11.9. The number of hydrogen-bond acceptors (Lipinski definition) is 11. The van der Waals surface area contributed by atoms with Gasteiger partial charge in [-0.2, -0.15) is 0 Å². The second kappa shape index (κ2) is 14.1. The summed E-state index contributed by atoms with van der Waals surface area (Å²) in [7, 11) is -10.2. The molecule has 4 rings (SSSR count). The van der Waals surface area contributed by atoms with Crippen molar-refractivity contribution in [2.24, 2.45) is 0 Å². The van der Waals surface area contributed by atoms with Crippen molar-refractivity contribution in [3.63, 3.8) is 0 Å². The summed E-state index contributed by atoms with van der Waals surface area (Å²) in [5, 5.41) is 40.8. The minimum Gasteiger partial charge on any atom is -0.810 e. The molecule has 1 unspecified atom stereocenters. The summed E-state index contributed by atoms with van der Waals surface area (Å²) in [5.74, 6) is -1.65. The Hall–Kier alpha value is 1.02. The van der Waals surface area contributed by atoms with E-state index in [1.54, 1.807) is 0 Å². The van der Waals surface area contributed by atoms with Gasteiger partial charge in [-0.3, -0.25) is 0 Å². The first-order valence-corrected chi connectivity index (χ1v) is 13.6. The summed E-state index contributed by atoms with van der Waals surface area (Å²) in [6, 6.07) is 13.3. The minimum atomic E-state index is -5.37. The van der Waals surface area contributed by atoms with Crippen LogP contribution in [-0.4, -0.2) is 66.8 Å². The van der Waals surface area contributed by atoms with E-state index in [0.717, 1.165) is 21.0 Å². The fraction of sp³-hybridized carbons (Fsp3) is 0.368. The molecular weight excluding hydrogens is 545 g/mol. The van der Waals surface area contributed by atoms with E-state index < -0.39 is 57.7 Å². The first-order chi connectivity index (χ1) is 15.4. The minimum absolute atomic E-state index is 0. The molecular formula is C19H20N3Na3O9P2. The Bertz CT molecular complexity index is 1260. The molecule has 36 heavy (non-hydrogen) atoms. The second-order valence-corrected chi connectivity index (χ2v) is 12.3. The van der Waals surface area contributed by atoms with E-state index in [1.165, 1.54) is 6.20 Å². The van der Waals surface area contributed by atoms with Crippen LogP contribution in [0.15, 0.2) is 48.7 Å². The van der Waals surface area contributed by atoms with Crippen molar-refractivity contribution in [1.82, 2.24) is 15.0 Å². The molecule has 1 fully saturated rings. The van der Waals surface area contributed by atoms with Crippen molar-refractivity contribution >= 4 is 25.7 Å². The van der Waals surface area contributed by atoms with Crippen molar-refractivity contribution in [1.29, 1.82) is 0 Å². The van der Waals surface area contributed by atoms with Gasteiger partial charge in [-0.25, -0.2) is 4.68 Å². The van der Waals surface area contributed by atoms with Gasteiger partial charge in [0.25, 0.3) is 0 Å². The molecule has 0 spiro atoms. The Balaban J connectivity index is 0.00000216. The fourth-order valence-electron chi connectivity index (χ4n) is 3.81. The molecule has 1 saturated heterocycles. The molecule has 0 aliphatic carbocycles.